The van der Waals surface area contributed by atoms with Crippen molar-refractivity contribution in [2.24, 2.45) is 5.73 Å². The number of nitrogens with one attached hydrogen (secondary N) is 6. The van der Waals surface area contributed by atoms with Crippen molar-refractivity contribution in [2.75, 3.05) is 40.0 Å². The Morgan fingerprint density at radius 2 is 0.975 bits per heavy atom. The van der Waals surface area contributed by atoms with Crippen molar-refractivity contribution in [1.29, 1.82) is 0 Å². The van der Waals surface area contributed by atoms with E-state index in [2.05, 4.69) is 132 Å². The van der Waals surface area contributed by atoms with E-state index in [1.54, 1.807) is 17.6 Å². The number of hydrogen-bond acceptors (Lipinski definition) is 14. The summed E-state index contributed by atoms with van der Waals surface area (Å²) in [5, 5.41) is 19.3. The number of aromatic amines is 3. The van der Waals surface area contributed by atoms with E-state index in [0.29, 0.717) is 6.54 Å². The summed E-state index contributed by atoms with van der Waals surface area (Å²) in [5.41, 5.74) is 18.9. The maximum Gasteiger partial charge on any atom is 1.00 e. The van der Waals surface area contributed by atoms with Gasteiger partial charge in [0.05, 0.1) is 7.11 Å². The van der Waals surface area contributed by atoms with Crippen LogP contribution >= 0.6 is 0 Å². The Kier molecular flexibility index (Phi) is 33.2. The predicted octanol–water partition coefficient (Wildman–Crippen LogP) is 5.84. The van der Waals surface area contributed by atoms with Crippen molar-refractivity contribution in [2.45, 2.75) is 66.0 Å². The molecule has 1 aliphatic rings. The summed E-state index contributed by atoms with van der Waals surface area (Å²) in [4.78, 5) is 68.6. The van der Waals surface area contributed by atoms with E-state index in [9.17, 15) is 24.0 Å². The second-order valence-corrected chi connectivity index (χ2v) is 17.7. The van der Waals surface area contributed by atoms with Gasteiger partial charge in [-0.3, -0.25) is 14.8 Å². The Bertz CT molecular complexity index is 3000. The topological polar surface area (TPSA) is 261 Å². The third kappa shape index (κ3) is 27.0. The quantitative estimate of drug-likeness (QED) is 0.0108. The smallest absolute Gasteiger partial charge is 0.793 e. The first kappa shape index (κ1) is 67.7. The minimum atomic E-state index is -0.639. The van der Waals surface area contributed by atoms with Crippen molar-refractivity contribution in [3.05, 3.63) is 191 Å². The zero-order valence-corrected chi connectivity index (χ0v) is 48.8. The van der Waals surface area contributed by atoms with Crippen LogP contribution in [0.2, 0.25) is 0 Å². The Morgan fingerprint density at radius 1 is 0.593 bits per heavy atom. The van der Waals surface area contributed by atoms with Crippen molar-refractivity contribution in [3.63, 3.8) is 0 Å². The summed E-state index contributed by atoms with van der Waals surface area (Å²) in [6, 6.07) is 41.0. The number of nitrogens with two attached hydrogens (primary N) is 1. The molecule has 8 aromatic rings. The Hall–Kier alpha value is -7.59. The maximum atomic E-state index is 11.1. The van der Waals surface area contributed by atoms with Crippen molar-refractivity contribution < 1.29 is 82.6 Å². The van der Waals surface area contributed by atoms with Crippen LogP contribution in [-0.2, 0) is 80.2 Å². The minimum Gasteiger partial charge on any atom is -0.793 e. The number of amides is 1. The van der Waals surface area contributed by atoms with E-state index in [4.69, 9.17) is 15.7 Å². The Balaban J connectivity index is 0.000000284. The molecule has 9 N–H and O–H groups in total. The average molecular weight is 1110 g/mol. The standard InChI is InChI=1S/C21H22N2O2.C20H21N3O2.C10H12N2.C4H6O4.C4H8O.C2H3BO2.Na/c1-25-21(24)11-10-16-6-8-17(9-7-16)14-22-13-12-18-15-23-20-5-3-2-4-19(18)20;24-20(23-25)10-9-15-5-7-16(8-6-15)13-21-12-11-17-14-22-19-4-2-1-3-18(17)19;11-6-5-8-7-12-10-4-2-1-3-9(8)10;1-3(5)7-8-4(2)6;1-2-4-5-3-1;1-2(4)5-3;/h2-11,15,22-23H,12-14H2,1H3;1-10,14,21-22,25H,11-13H2,(H,23,24);1-4,7,12H,5-6,11H2;1-2H3;1-4H2;1H3;/q;;;;;-1;+1/b;10-9+;;;;;. The van der Waals surface area contributed by atoms with Crippen molar-refractivity contribution in [1.82, 2.24) is 31.1 Å². The van der Waals surface area contributed by atoms with Crippen LogP contribution < -0.4 is 51.4 Å². The number of benzene rings is 5. The molecule has 0 bridgehead atoms. The summed E-state index contributed by atoms with van der Waals surface area (Å²) >= 11 is 0. The van der Waals surface area contributed by atoms with Gasteiger partial charge in [-0.1, -0.05) is 103 Å². The van der Waals surface area contributed by atoms with E-state index < -0.39 is 23.8 Å². The number of hydroxylamine groups is 1. The molecule has 1 fully saturated rings. The molecule has 421 valence electrons. The first-order valence-electron chi connectivity index (χ1n) is 26.0. The molecule has 0 atom stereocenters. The SMILES string of the molecule is C1CCOC1.CC(=O)OOC(C)=O.COC(=O)C=Cc1ccc(CNCCc2c[nH]c3ccccc23)cc1.NCCc1c[nH]c2ccccc12.O=C(/C=C/c1ccc(CNCCc2c[nH]c3ccccc23)cc1)NO.[B-]OC(C)=O.[Na+]. The average Bonchev–Trinajstić information content (AvgIpc) is 4.40. The van der Waals surface area contributed by atoms with Gasteiger partial charge in [0, 0.05) is 111 Å². The normalized spacial score (nSPS) is 11.2. The number of methoxy groups -OCH3 is 1. The molecular weight excluding hydrogens is 1040 g/mol. The third-order valence-corrected chi connectivity index (χ3v) is 11.6. The molecule has 20 heteroatoms. The molecule has 9 rings (SSSR count). The number of esters is 1. The molecule has 0 spiro atoms. The van der Waals surface area contributed by atoms with Crippen LogP contribution in [0.4, 0.5) is 0 Å². The molecule has 4 heterocycles. The van der Waals surface area contributed by atoms with Crippen molar-refractivity contribution >= 4 is 82.7 Å². The van der Waals surface area contributed by atoms with E-state index >= 15 is 0 Å². The molecule has 0 saturated carbocycles. The monoisotopic (exact) mass is 1110 g/mol. The number of carbonyl (C=O) groups excluding carboxylic acids is 5. The molecule has 81 heavy (non-hydrogen) atoms. The van der Waals surface area contributed by atoms with Gasteiger partial charge in [0.25, 0.3) is 5.91 Å². The molecule has 5 aromatic carbocycles. The van der Waals surface area contributed by atoms with Crippen LogP contribution in [0.1, 0.15) is 72.6 Å². The van der Waals surface area contributed by atoms with Crippen LogP contribution in [0.15, 0.2) is 152 Å². The molecule has 0 unspecified atom stereocenters. The first-order chi connectivity index (χ1) is 38.8. The fourth-order valence-corrected chi connectivity index (χ4v) is 7.64. The van der Waals surface area contributed by atoms with E-state index in [0.717, 1.165) is 83.6 Å². The van der Waals surface area contributed by atoms with Gasteiger partial charge in [-0.2, -0.15) is 0 Å². The van der Waals surface area contributed by atoms with Crippen LogP contribution in [-0.4, -0.2) is 98.0 Å². The van der Waals surface area contributed by atoms with E-state index in [-0.39, 0.29) is 35.5 Å². The van der Waals surface area contributed by atoms with E-state index in [1.807, 2.05) is 60.8 Å². The number of rotatable bonds is 16. The first-order valence-corrected chi connectivity index (χ1v) is 26.0. The van der Waals surface area contributed by atoms with Gasteiger partial charge in [0.1, 0.15) is 0 Å². The van der Waals surface area contributed by atoms with Gasteiger partial charge in [0.2, 0.25) is 5.97 Å². The van der Waals surface area contributed by atoms with Gasteiger partial charge in [0.15, 0.2) is 0 Å². The van der Waals surface area contributed by atoms with E-state index in [1.165, 1.54) is 99.6 Å². The second kappa shape index (κ2) is 39.7. The molecule has 0 aliphatic carbocycles. The Labute approximate surface area is 496 Å². The van der Waals surface area contributed by atoms with Gasteiger partial charge < -0.3 is 53.5 Å². The van der Waals surface area contributed by atoms with Crippen LogP contribution in [0.3, 0.4) is 0 Å². The number of fused-ring (bicyclic) bond motifs is 3. The van der Waals surface area contributed by atoms with Gasteiger partial charge >= 0.3 is 47.5 Å². The second-order valence-electron chi connectivity index (χ2n) is 17.7. The predicted molar refractivity (Wildman–Crippen MR) is 312 cm³/mol. The van der Waals surface area contributed by atoms with Crippen LogP contribution in [0.5, 0.6) is 0 Å². The molecule has 18 nitrogen and oxygen atoms in total. The molecule has 1 aliphatic heterocycles. The number of aromatic nitrogens is 3. The van der Waals surface area contributed by atoms with Crippen LogP contribution in [0, 0.1) is 0 Å². The number of para-hydroxylation sites is 3. The summed E-state index contributed by atoms with van der Waals surface area (Å²) in [6.07, 6.45) is 17.8. The zero-order chi connectivity index (χ0) is 57.7. The Morgan fingerprint density at radius 3 is 1.31 bits per heavy atom. The van der Waals surface area contributed by atoms with Crippen LogP contribution in [0.25, 0.3) is 44.9 Å². The summed E-state index contributed by atoms with van der Waals surface area (Å²) in [7, 11) is 5.69. The minimum absolute atomic E-state index is 0. The summed E-state index contributed by atoms with van der Waals surface area (Å²) < 4.78 is 13.1. The molecule has 1 amide bonds. The number of ether oxygens (including phenoxy) is 2. The summed E-state index contributed by atoms with van der Waals surface area (Å²) in [6.45, 7) is 9.67. The molecular formula is C61H72BN7NaO11. The summed E-state index contributed by atoms with van der Waals surface area (Å²) in [5.74, 6) is -2.63. The molecule has 3 aromatic heterocycles. The number of H-pyrrole nitrogens is 3. The number of hydrogen-bond donors (Lipinski definition) is 8. The van der Waals surface area contributed by atoms with Crippen molar-refractivity contribution in [3.8, 4) is 0 Å². The molecule has 1 saturated heterocycles. The maximum absolute atomic E-state index is 11.1. The van der Waals surface area contributed by atoms with Gasteiger partial charge in [-0.05, 0) is 121 Å². The zero-order valence-electron chi connectivity index (χ0n) is 46.8. The fourth-order valence-electron chi connectivity index (χ4n) is 7.64. The van der Waals surface area contributed by atoms with Gasteiger partial charge in [-0.25, -0.2) is 29.6 Å². The van der Waals surface area contributed by atoms with Gasteiger partial charge in [-0.15, -0.1) is 0 Å². The molecule has 3 radical (unpaired) electrons. The largest absolute Gasteiger partial charge is 1.00 e. The third-order valence-electron chi connectivity index (χ3n) is 11.6. The number of carbonyl (C=O) groups is 5. The fraction of sp³-hybridized carbons (Fsp3) is 0.262.